The first-order valence-corrected chi connectivity index (χ1v) is 9.36. The molecule has 2 saturated heterocycles. The van der Waals surface area contributed by atoms with Crippen LogP contribution in [0, 0.1) is 5.92 Å². The second kappa shape index (κ2) is 8.25. The molecule has 2 aliphatic rings. The van der Waals surface area contributed by atoms with Crippen LogP contribution in [0.1, 0.15) is 35.8 Å². The zero-order chi connectivity index (χ0) is 17.8. The van der Waals surface area contributed by atoms with Gasteiger partial charge in [0.05, 0.1) is 6.61 Å². The number of likely N-dealkylation sites (tertiary alicyclic amines) is 1. The van der Waals surface area contributed by atoms with Crippen LogP contribution in [0.4, 0.5) is 0 Å². The zero-order valence-corrected chi connectivity index (χ0v) is 15.4. The van der Waals surface area contributed by atoms with Gasteiger partial charge >= 0.3 is 0 Å². The third-order valence-corrected chi connectivity index (χ3v) is 5.85. The van der Waals surface area contributed by atoms with Crippen LogP contribution in [-0.2, 0) is 6.61 Å². The molecule has 0 spiro atoms. The highest BCUT2D eigenvalue weighted by Crippen LogP contribution is 2.25. The van der Waals surface area contributed by atoms with Crippen LogP contribution in [0.25, 0.3) is 0 Å². The maximum Gasteiger partial charge on any atom is 0.272 e. The van der Waals surface area contributed by atoms with Crippen LogP contribution in [0.5, 0.6) is 0 Å². The average molecular weight is 346 g/mol. The van der Waals surface area contributed by atoms with Gasteiger partial charge in [-0.05, 0) is 50.4 Å². The van der Waals surface area contributed by atoms with E-state index in [2.05, 4.69) is 28.8 Å². The molecule has 0 aromatic carbocycles. The van der Waals surface area contributed by atoms with Gasteiger partial charge in [-0.1, -0.05) is 0 Å². The minimum atomic E-state index is -0.0621. The minimum absolute atomic E-state index is 0.0130. The molecule has 25 heavy (non-hydrogen) atoms. The Kier molecular flexibility index (Phi) is 6.04. The summed E-state index contributed by atoms with van der Waals surface area (Å²) in [4.78, 5) is 23.7. The van der Waals surface area contributed by atoms with Crippen molar-refractivity contribution in [2.45, 2.75) is 32.4 Å². The highest BCUT2D eigenvalue weighted by atomic mass is 16.3. The van der Waals surface area contributed by atoms with E-state index < -0.39 is 0 Å². The quantitative estimate of drug-likeness (QED) is 0.883. The number of carbonyl (C=O) groups excluding carboxylic acids is 1. The first kappa shape index (κ1) is 18.3. The van der Waals surface area contributed by atoms with Crippen LogP contribution >= 0.6 is 0 Å². The standard InChI is InChI=1S/C19H30N4O2/c1-15(22-11-9-21(2)10-12-22)17-4-7-23(8-5-17)19(25)18-13-16(14-24)3-6-20-18/h3,6,13,15,17,24H,4-5,7-12,14H2,1-2H3. The molecule has 0 aliphatic carbocycles. The third-order valence-electron chi connectivity index (χ3n) is 5.85. The molecule has 2 aliphatic heterocycles. The SMILES string of the molecule is CC(C1CCN(C(=O)c2cc(CO)ccn2)CC1)N1CCN(C)CC1. The number of nitrogens with zero attached hydrogens (tertiary/aromatic N) is 4. The molecule has 2 fully saturated rings. The van der Waals surface area contributed by atoms with Gasteiger partial charge in [0.15, 0.2) is 0 Å². The van der Waals surface area contributed by atoms with E-state index in [4.69, 9.17) is 0 Å². The number of rotatable bonds is 4. The van der Waals surface area contributed by atoms with Crippen LogP contribution in [0.3, 0.4) is 0 Å². The number of hydrogen-bond acceptors (Lipinski definition) is 5. The van der Waals surface area contributed by atoms with E-state index in [0.29, 0.717) is 17.7 Å². The second-order valence-electron chi connectivity index (χ2n) is 7.42. The third kappa shape index (κ3) is 4.37. The fourth-order valence-corrected chi connectivity index (χ4v) is 3.96. The number of aliphatic hydroxyl groups excluding tert-OH is 1. The van der Waals surface area contributed by atoms with Crippen molar-refractivity contribution in [3.05, 3.63) is 29.6 Å². The van der Waals surface area contributed by atoms with Gasteiger partial charge in [0.25, 0.3) is 5.91 Å². The summed E-state index contributed by atoms with van der Waals surface area (Å²) < 4.78 is 0. The molecule has 0 saturated carbocycles. The monoisotopic (exact) mass is 346 g/mol. The smallest absolute Gasteiger partial charge is 0.272 e. The predicted octanol–water partition coefficient (Wildman–Crippen LogP) is 1.06. The van der Waals surface area contributed by atoms with E-state index in [9.17, 15) is 9.90 Å². The maximum absolute atomic E-state index is 12.6. The second-order valence-corrected chi connectivity index (χ2v) is 7.42. The molecule has 1 aromatic rings. The van der Waals surface area contributed by atoms with Crippen molar-refractivity contribution >= 4 is 5.91 Å². The summed E-state index contributed by atoms with van der Waals surface area (Å²) in [5.74, 6) is 0.644. The number of aromatic nitrogens is 1. The Morgan fingerprint density at radius 3 is 2.56 bits per heavy atom. The van der Waals surface area contributed by atoms with Gasteiger partial charge in [0.2, 0.25) is 0 Å². The summed E-state index contributed by atoms with van der Waals surface area (Å²) >= 11 is 0. The first-order chi connectivity index (χ1) is 12.1. The Morgan fingerprint density at radius 1 is 1.24 bits per heavy atom. The summed E-state index contributed by atoms with van der Waals surface area (Å²) in [7, 11) is 2.19. The number of pyridine rings is 1. The van der Waals surface area contributed by atoms with E-state index in [1.54, 1.807) is 18.3 Å². The molecule has 3 rings (SSSR count). The van der Waals surface area contributed by atoms with Gasteiger partial charge in [0, 0.05) is 51.5 Å². The van der Waals surface area contributed by atoms with Gasteiger partial charge in [-0.25, -0.2) is 0 Å². The molecular formula is C19H30N4O2. The summed E-state index contributed by atoms with van der Waals surface area (Å²) in [6.45, 7) is 8.47. The van der Waals surface area contributed by atoms with Crippen molar-refractivity contribution in [3.63, 3.8) is 0 Å². The molecule has 6 heteroatoms. The fourth-order valence-electron chi connectivity index (χ4n) is 3.96. The Bertz CT molecular complexity index is 579. The Balaban J connectivity index is 1.53. The number of carbonyl (C=O) groups is 1. The van der Waals surface area contributed by atoms with Crippen molar-refractivity contribution in [1.29, 1.82) is 0 Å². The summed E-state index contributed by atoms with van der Waals surface area (Å²) in [5, 5.41) is 9.23. The van der Waals surface area contributed by atoms with Crippen molar-refractivity contribution < 1.29 is 9.90 Å². The number of piperazine rings is 1. The highest BCUT2D eigenvalue weighted by molar-refractivity contribution is 5.92. The Morgan fingerprint density at radius 2 is 1.92 bits per heavy atom. The lowest BCUT2D eigenvalue weighted by atomic mass is 9.89. The molecule has 1 unspecified atom stereocenters. The van der Waals surface area contributed by atoms with E-state index in [1.165, 1.54) is 0 Å². The Hall–Kier alpha value is -1.50. The van der Waals surface area contributed by atoms with Crippen molar-refractivity contribution in [2.24, 2.45) is 5.92 Å². The maximum atomic E-state index is 12.6. The van der Waals surface area contributed by atoms with Crippen molar-refractivity contribution in [1.82, 2.24) is 19.7 Å². The normalized spacial score (nSPS) is 22.1. The lowest BCUT2D eigenvalue weighted by Crippen LogP contribution is -2.52. The van der Waals surface area contributed by atoms with Crippen LogP contribution < -0.4 is 0 Å². The van der Waals surface area contributed by atoms with Gasteiger partial charge in [-0.3, -0.25) is 14.7 Å². The van der Waals surface area contributed by atoms with Gasteiger partial charge in [-0.2, -0.15) is 0 Å². The summed E-state index contributed by atoms with van der Waals surface area (Å²) in [6, 6.07) is 4.02. The summed E-state index contributed by atoms with van der Waals surface area (Å²) in [5.41, 5.74) is 1.18. The van der Waals surface area contributed by atoms with Gasteiger partial charge < -0.3 is 14.9 Å². The molecule has 138 valence electrons. The molecular weight excluding hydrogens is 316 g/mol. The highest BCUT2D eigenvalue weighted by Gasteiger charge is 2.31. The number of hydrogen-bond donors (Lipinski definition) is 1. The molecule has 1 aromatic heterocycles. The van der Waals surface area contributed by atoms with Gasteiger partial charge in [-0.15, -0.1) is 0 Å². The average Bonchev–Trinajstić information content (AvgIpc) is 2.67. The van der Waals surface area contributed by atoms with E-state index in [-0.39, 0.29) is 12.5 Å². The van der Waals surface area contributed by atoms with Crippen LogP contribution in [-0.4, -0.2) is 83.1 Å². The number of piperidine rings is 1. The molecule has 0 bridgehead atoms. The van der Waals surface area contributed by atoms with E-state index in [0.717, 1.165) is 57.7 Å². The Labute approximate surface area is 150 Å². The summed E-state index contributed by atoms with van der Waals surface area (Å²) in [6.07, 6.45) is 3.71. The molecule has 1 amide bonds. The lowest BCUT2D eigenvalue weighted by molar-refractivity contribution is 0.0496. The topological polar surface area (TPSA) is 59.9 Å². The first-order valence-electron chi connectivity index (χ1n) is 9.36. The zero-order valence-electron chi connectivity index (χ0n) is 15.4. The molecule has 1 atom stereocenters. The number of aliphatic hydroxyl groups is 1. The van der Waals surface area contributed by atoms with Crippen LogP contribution in [0.2, 0.25) is 0 Å². The lowest BCUT2D eigenvalue weighted by Gasteiger charge is -2.42. The number of likely N-dealkylation sites (N-methyl/N-ethyl adjacent to an activating group) is 1. The fraction of sp³-hybridized carbons (Fsp3) is 0.684. The van der Waals surface area contributed by atoms with Gasteiger partial charge in [0.1, 0.15) is 5.69 Å². The number of amides is 1. The minimum Gasteiger partial charge on any atom is -0.392 e. The molecule has 6 nitrogen and oxygen atoms in total. The molecule has 3 heterocycles. The van der Waals surface area contributed by atoms with E-state index >= 15 is 0 Å². The largest absolute Gasteiger partial charge is 0.392 e. The van der Waals surface area contributed by atoms with E-state index in [1.807, 2.05) is 4.90 Å². The van der Waals surface area contributed by atoms with Crippen LogP contribution in [0.15, 0.2) is 18.3 Å². The van der Waals surface area contributed by atoms with Crippen molar-refractivity contribution in [3.8, 4) is 0 Å². The van der Waals surface area contributed by atoms with Crippen molar-refractivity contribution in [2.75, 3.05) is 46.3 Å². The molecule has 0 radical (unpaired) electrons. The molecule has 1 N–H and O–H groups in total. The predicted molar refractivity (Wildman–Crippen MR) is 97.3 cm³/mol.